The van der Waals surface area contributed by atoms with Crippen LogP contribution in [0.3, 0.4) is 0 Å². The summed E-state index contributed by atoms with van der Waals surface area (Å²) < 4.78 is 5.27. The average molecular weight is 244 g/mol. The van der Waals surface area contributed by atoms with Crippen LogP contribution in [0, 0.1) is 0 Å². The molecule has 0 aliphatic carbocycles. The number of ether oxygens (including phenoxy) is 1. The highest BCUT2D eigenvalue weighted by Gasteiger charge is 2.57. The van der Waals surface area contributed by atoms with Crippen molar-refractivity contribution in [3.05, 3.63) is 0 Å². The number of carbonyl (C=O) groups is 1. The van der Waals surface area contributed by atoms with Crippen LogP contribution in [0.5, 0.6) is 0 Å². The van der Waals surface area contributed by atoms with Gasteiger partial charge in [-0.25, -0.2) is 14.6 Å². The molecule has 2 unspecified atom stereocenters. The second-order valence-electron chi connectivity index (χ2n) is 4.54. The van der Waals surface area contributed by atoms with Crippen LogP contribution in [0.25, 0.3) is 0 Å². The summed E-state index contributed by atoms with van der Waals surface area (Å²) in [5.74, 6) is -0.263. The predicted octanol–water partition coefficient (Wildman–Crippen LogP) is 3.00. The van der Waals surface area contributed by atoms with E-state index in [-0.39, 0.29) is 12.1 Å². The third kappa shape index (κ3) is 3.19. The largest absolute Gasteiger partial charge is 0.463 e. The molecular formula is C13H24O4. The van der Waals surface area contributed by atoms with Crippen LogP contribution < -0.4 is 0 Å². The first-order valence-electron chi connectivity index (χ1n) is 6.73. The quantitative estimate of drug-likeness (QED) is 0.374. The molecule has 1 aliphatic rings. The number of carbonyl (C=O) groups excluding carboxylic acids is 1. The summed E-state index contributed by atoms with van der Waals surface area (Å²) in [6.45, 7) is 6.60. The molecular weight excluding hydrogens is 220 g/mol. The molecule has 4 heteroatoms. The van der Waals surface area contributed by atoms with Crippen LogP contribution in [0.4, 0.5) is 0 Å². The van der Waals surface area contributed by atoms with Gasteiger partial charge in [-0.3, -0.25) is 0 Å². The molecule has 1 heterocycles. The summed E-state index contributed by atoms with van der Waals surface area (Å²) in [4.78, 5) is 22.1. The van der Waals surface area contributed by atoms with E-state index in [1.54, 1.807) is 0 Å². The fourth-order valence-electron chi connectivity index (χ4n) is 2.01. The van der Waals surface area contributed by atoms with Crippen molar-refractivity contribution in [1.82, 2.24) is 0 Å². The van der Waals surface area contributed by atoms with Crippen molar-refractivity contribution in [2.24, 2.45) is 0 Å². The lowest BCUT2D eigenvalue weighted by Gasteiger charge is -2.43. The SMILES string of the molecule is CCCCCOC(=O)C1(CC)OOC1CCC. The third-order valence-electron chi connectivity index (χ3n) is 3.24. The Kier molecular flexibility index (Phi) is 5.92. The summed E-state index contributed by atoms with van der Waals surface area (Å²) >= 11 is 0. The molecule has 2 atom stereocenters. The second-order valence-corrected chi connectivity index (χ2v) is 4.54. The van der Waals surface area contributed by atoms with Gasteiger partial charge in [-0.15, -0.1) is 0 Å². The standard InChI is InChI=1S/C13H24O4/c1-4-7-8-10-15-12(14)13(6-3)11(9-5-2)16-17-13/h11H,4-10H2,1-3H3. The minimum atomic E-state index is -0.845. The third-order valence-corrected chi connectivity index (χ3v) is 3.24. The topological polar surface area (TPSA) is 44.8 Å². The monoisotopic (exact) mass is 244 g/mol. The Hall–Kier alpha value is -0.610. The first-order valence-corrected chi connectivity index (χ1v) is 6.73. The molecule has 1 aliphatic heterocycles. The zero-order valence-electron chi connectivity index (χ0n) is 11.2. The fraction of sp³-hybridized carbons (Fsp3) is 0.923. The van der Waals surface area contributed by atoms with Crippen LogP contribution in [0.15, 0.2) is 0 Å². The Morgan fingerprint density at radius 2 is 2.00 bits per heavy atom. The molecule has 0 bridgehead atoms. The normalized spacial score (nSPS) is 27.6. The molecule has 0 amide bonds. The first kappa shape index (κ1) is 14.5. The number of rotatable bonds is 8. The molecule has 0 saturated carbocycles. The van der Waals surface area contributed by atoms with Gasteiger partial charge >= 0.3 is 5.97 Å². The molecule has 1 fully saturated rings. The molecule has 1 saturated heterocycles. The molecule has 0 spiro atoms. The molecule has 1 rings (SSSR count). The zero-order chi connectivity index (χ0) is 12.7. The van der Waals surface area contributed by atoms with E-state index in [0.29, 0.717) is 13.0 Å². The van der Waals surface area contributed by atoms with E-state index in [0.717, 1.165) is 32.1 Å². The van der Waals surface area contributed by atoms with E-state index in [9.17, 15) is 4.79 Å². The summed E-state index contributed by atoms with van der Waals surface area (Å²) in [7, 11) is 0. The van der Waals surface area contributed by atoms with E-state index in [1.807, 2.05) is 6.92 Å². The minimum absolute atomic E-state index is 0.142. The van der Waals surface area contributed by atoms with Crippen molar-refractivity contribution in [1.29, 1.82) is 0 Å². The second kappa shape index (κ2) is 6.97. The van der Waals surface area contributed by atoms with Crippen LogP contribution in [0.1, 0.15) is 59.3 Å². The Morgan fingerprint density at radius 3 is 2.47 bits per heavy atom. The fourth-order valence-corrected chi connectivity index (χ4v) is 2.01. The highest BCUT2D eigenvalue weighted by atomic mass is 17.3. The van der Waals surface area contributed by atoms with Gasteiger partial charge in [-0.2, -0.15) is 0 Å². The molecule has 0 N–H and O–H groups in total. The summed E-state index contributed by atoms with van der Waals surface area (Å²) in [5.41, 5.74) is -0.845. The average Bonchev–Trinajstić information content (AvgIpc) is 2.31. The lowest BCUT2D eigenvalue weighted by molar-refractivity contribution is -0.498. The Morgan fingerprint density at radius 1 is 1.24 bits per heavy atom. The molecule has 0 aromatic heterocycles. The van der Waals surface area contributed by atoms with Crippen molar-refractivity contribution < 1.29 is 19.3 Å². The van der Waals surface area contributed by atoms with Crippen LogP contribution >= 0.6 is 0 Å². The molecule has 0 aromatic carbocycles. The highest BCUT2D eigenvalue weighted by Crippen LogP contribution is 2.37. The minimum Gasteiger partial charge on any atom is -0.463 e. The van der Waals surface area contributed by atoms with Crippen LogP contribution in [0.2, 0.25) is 0 Å². The summed E-state index contributed by atoms with van der Waals surface area (Å²) in [5, 5.41) is 0. The lowest BCUT2D eigenvalue weighted by Crippen LogP contribution is -2.61. The maximum Gasteiger partial charge on any atom is 0.344 e. The van der Waals surface area contributed by atoms with Crippen molar-refractivity contribution in [3.8, 4) is 0 Å². The predicted molar refractivity (Wildman–Crippen MR) is 64.4 cm³/mol. The molecule has 100 valence electrons. The van der Waals surface area contributed by atoms with Crippen LogP contribution in [-0.2, 0) is 19.3 Å². The molecule has 0 aromatic rings. The maximum atomic E-state index is 12.0. The highest BCUT2D eigenvalue weighted by molar-refractivity contribution is 5.81. The van der Waals surface area contributed by atoms with Crippen molar-refractivity contribution in [3.63, 3.8) is 0 Å². The zero-order valence-corrected chi connectivity index (χ0v) is 11.2. The van der Waals surface area contributed by atoms with Crippen molar-refractivity contribution in [2.75, 3.05) is 6.61 Å². The Labute approximate surface area is 104 Å². The first-order chi connectivity index (χ1) is 8.21. The van der Waals surface area contributed by atoms with E-state index < -0.39 is 5.60 Å². The van der Waals surface area contributed by atoms with E-state index in [2.05, 4.69) is 13.8 Å². The van der Waals surface area contributed by atoms with Gasteiger partial charge in [-0.1, -0.05) is 40.0 Å². The summed E-state index contributed by atoms with van der Waals surface area (Å²) in [6.07, 6.45) is 5.38. The van der Waals surface area contributed by atoms with Crippen molar-refractivity contribution >= 4 is 5.97 Å². The van der Waals surface area contributed by atoms with Gasteiger partial charge in [0, 0.05) is 0 Å². The van der Waals surface area contributed by atoms with Crippen LogP contribution in [-0.4, -0.2) is 24.3 Å². The molecule has 17 heavy (non-hydrogen) atoms. The molecule has 4 nitrogen and oxygen atoms in total. The van der Waals surface area contributed by atoms with Gasteiger partial charge in [0.25, 0.3) is 0 Å². The Balaban J connectivity index is 2.41. The van der Waals surface area contributed by atoms with Gasteiger partial charge in [0.05, 0.1) is 6.61 Å². The van der Waals surface area contributed by atoms with Gasteiger partial charge in [-0.05, 0) is 19.3 Å². The number of hydrogen-bond acceptors (Lipinski definition) is 4. The number of unbranched alkanes of at least 4 members (excludes halogenated alkanes) is 2. The number of esters is 1. The molecule has 0 radical (unpaired) electrons. The summed E-state index contributed by atoms with van der Waals surface area (Å²) in [6, 6.07) is 0. The van der Waals surface area contributed by atoms with Crippen molar-refractivity contribution in [2.45, 2.75) is 71.0 Å². The lowest BCUT2D eigenvalue weighted by atomic mass is 9.89. The smallest absolute Gasteiger partial charge is 0.344 e. The van der Waals surface area contributed by atoms with Gasteiger partial charge in [0.2, 0.25) is 5.60 Å². The van der Waals surface area contributed by atoms with E-state index in [1.165, 1.54) is 0 Å². The van der Waals surface area contributed by atoms with Gasteiger partial charge < -0.3 is 4.74 Å². The number of hydrogen-bond donors (Lipinski definition) is 0. The van der Waals surface area contributed by atoms with Gasteiger partial charge in [0.15, 0.2) is 0 Å². The Bertz CT molecular complexity index is 238. The maximum absolute atomic E-state index is 12.0. The van der Waals surface area contributed by atoms with E-state index >= 15 is 0 Å². The van der Waals surface area contributed by atoms with E-state index in [4.69, 9.17) is 14.5 Å². The van der Waals surface area contributed by atoms with Gasteiger partial charge in [0.1, 0.15) is 6.10 Å².